The first kappa shape index (κ1) is 22.0. The second-order valence-electron chi connectivity index (χ2n) is 6.76. The highest BCUT2D eigenvalue weighted by atomic mass is 32.2. The molecular formula is C19H27NO7S. The van der Waals surface area contributed by atoms with Crippen molar-refractivity contribution in [3.63, 3.8) is 0 Å². The minimum Gasteiger partial charge on any atom is -0.493 e. The number of sulfone groups is 1. The van der Waals surface area contributed by atoms with Gasteiger partial charge >= 0.3 is 5.97 Å². The highest BCUT2D eigenvalue weighted by Gasteiger charge is 2.36. The van der Waals surface area contributed by atoms with Gasteiger partial charge in [0.05, 0.1) is 31.3 Å². The molecule has 2 rings (SSSR count). The number of ether oxygens (including phenoxy) is 3. The van der Waals surface area contributed by atoms with Crippen molar-refractivity contribution in [3.05, 3.63) is 23.8 Å². The van der Waals surface area contributed by atoms with Crippen molar-refractivity contribution in [1.29, 1.82) is 0 Å². The molecule has 1 fully saturated rings. The van der Waals surface area contributed by atoms with Crippen LogP contribution in [0.2, 0.25) is 0 Å². The summed E-state index contributed by atoms with van der Waals surface area (Å²) in [6.07, 6.45) is 1.08. The molecule has 1 aromatic carbocycles. The summed E-state index contributed by atoms with van der Waals surface area (Å²) in [5.41, 5.74) is 0.226. The van der Waals surface area contributed by atoms with E-state index < -0.39 is 28.3 Å². The van der Waals surface area contributed by atoms with E-state index in [1.807, 2.05) is 13.8 Å². The third-order valence-electron chi connectivity index (χ3n) is 4.90. The summed E-state index contributed by atoms with van der Waals surface area (Å²) in [6, 6.07) is 4.04. The molecule has 0 aliphatic carbocycles. The van der Waals surface area contributed by atoms with Crippen molar-refractivity contribution < 1.29 is 32.2 Å². The Morgan fingerprint density at radius 3 is 2.43 bits per heavy atom. The van der Waals surface area contributed by atoms with Crippen molar-refractivity contribution in [2.24, 2.45) is 0 Å². The van der Waals surface area contributed by atoms with Gasteiger partial charge in [-0.25, -0.2) is 13.2 Å². The van der Waals surface area contributed by atoms with Crippen LogP contribution in [-0.4, -0.2) is 69.6 Å². The second kappa shape index (κ2) is 9.27. The Bertz CT molecular complexity index is 822. The van der Waals surface area contributed by atoms with E-state index >= 15 is 0 Å². The predicted molar refractivity (Wildman–Crippen MR) is 103 cm³/mol. The van der Waals surface area contributed by atoms with E-state index in [0.29, 0.717) is 24.3 Å². The van der Waals surface area contributed by atoms with Gasteiger partial charge in [-0.1, -0.05) is 6.92 Å². The van der Waals surface area contributed by atoms with E-state index in [4.69, 9.17) is 14.2 Å². The topological polar surface area (TPSA) is 99.2 Å². The van der Waals surface area contributed by atoms with E-state index in [2.05, 4.69) is 0 Å². The highest BCUT2D eigenvalue weighted by Crippen LogP contribution is 2.28. The van der Waals surface area contributed by atoms with Gasteiger partial charge in [0, 0.05) is 12.1 Å². The number of rotatable bonds is 8. The SMILES string of the molecule is CC[C@H](C)N(C(=O)COC(=O)c1ccc(OC)c(OC)c1)[C@H]1CCS(=O)(=O)C1. The normalized spacial score (nSPS) is 18.9. The van der Waals surface area contributed by atoms with Gasteiger partial charge in [0.15, 0.2) is 27.9 Å². The van der Waals surface area contributed by atoms with Gasteiger partial charge < -0.3 is 19.1 Å². The number of nitrogens with zero attached hydrogens (tertiary/aromatic N) is 1. The number of carbonyl (C=O) groups is 2. The quantitative estimate of drug-likeness (QED) is 0.598. The standard InChI is InChI=1S/C19H27NO7S/c1-5-13(2)20(15-8-9-28(23,24)12-15)18(21)11-27-19(22)14-6-7-16(25-3)17(10-14)26-4/h6-7,10,13,15H,5,8-9,11-12H2,1-4H3/t13-,15-/m0/s1. The Balaban J connectivity index is 2.06. The molecule has 0 aromatic heterocycles. The summed E-state index contributed by atoms with van der Waals surface area (Å²) in [7, 11) is -0.190. The highest BCUT2D eigenvalue weighted by molar-refractivity contribution is 7.91. The predicted octanol–water partition coefficient (Wildman–Crippen LogP) is 1.67. The van der Waals surface area contributed by atoms with Gasteiger partial charge in [0.2, 0.25) is 0 Å². The lowest BCUT2D eigenvalue weighted by Gasteiger charge is -2.33. The van der Waals surface area contributed by atoms with E-state index in [9.17, 15) is 18.0 Å². The smallest absolute Gasteiger partial charge is 0.338 e. The number of benzene rings is 1. The fourth-order valence-electron chi connectivity index (χ4n) is 3.25. The second-order valence-corrected chi connectivity index (χ2v) is 8.99. The number of amides is 1. The molecule has 0 saturated carbocycles. The van der Waals surface area contributed by atoms with Crippen LogP contribution in [0.1, 0.15) is 37.0 Å². The lowest BCUT2D eigenvalue weighted by molar-refractivity contribution is -0.138. The number of esters is 1. The van der Waals surface area contributed by atoms with Crippen LogP contribution in [0, 0.1) is 0 Å². The van der Waals surface area contributed by atoms with Crippen molar-refractivity contribution in [1.82, 2.24) is 4.90 Å². The largest absolute Gasteiger partial charge is 0.493 e. The summed E-state index contributed by atoms with van der Waals surface area (Å²) >= 11 is 0. The molecule has 0 unspecified atom stereocenters. The zero-order valence-corrected chi connectivity index (χ0v) is 17.5. The van der Waals surface area contributed by atoms with E-state index in [0.717, 1.165) is 0 Å². The molecule has 1 aliphatic rings. The molecule has 1 amide bonds. The monoisotopic (exact) mass is 413 g/mol. The first-order valence-electron chi connectivity index (χ1n) is 9.13. The Hall–Kier alpha value is -2.29. The first-order chi connectivity index (χ1) is 13.2. The summed E-state index contributed by atoms with van der Waals surface area (Å²) < 4.78 is 39.1. The van der Waals surface area contributed by atoms with Crippen LogP contribution < -0.4 is 9.47 Å². The van der Waals surface area contributed by atoms with E-state index in [1.54, 1.807) is 11.0 Å². The van der Waals surface area contributed by atoms with Crippen molar-refractivity contribution in [2.75, 3.05) is 32.3 Å². The van der Waals surface area contributed by atoms with Crippen molar-refractivity contribution in [2.45, 2.75) is 38.8 Å². The fourth-order valence-corrected chi connectivity index (χ4v) is 4.96. The molecule has 28 heavy (non-hydrogen) atoms. The third-order valence-corrected chi connectivity index (χ3v) is 6.65. The summed E-state index contributed by atoms with van der Waals surface area (Å²) in [4.78, 5) is 26.6. The summed E-state index contributed by atoms with van der Waals surface area (Å²) in [5.74, 6) is -0.195. The minimum atomic E-state index is -3.13. The Kier molecular flexibility index (Phi) is 7.29. The maximum Gasteiger partial charge on any atom is 0.338 e. The average molecular weight is 413 g/mol. The Morgan fingerprint density at radius 2 is 1.89 bits per heavy atom. The van der Waals surface area contributed by atoms with Gasteiger partial charge in [-0.15, -0.1) is 0 Å². The summed E-state index contributed by atoms with van der Waals surface area (Å²) in [6.45, 7) is 3.33. The number of hydrogen-bond donors (Lipinski definition) is 0. The van der Waals surface area contributed by atoms with Crippen molar-refractivity contribution >= 4 is 21.7 Å². The third kappa shape index (κ3) is 5.15. The molecule has 1 heterocycles. The van der Waals surface area contributed by atoms with Gasteiger partial charge in [-0.05, 0) is 38.0 Å². The van der Waals surface area contributed by atoms with Gasteiger partial charge in [-0.3, -0.25) is 4.79 Å². The van der Waals surface area contributed by atoms with Gasteiger partial charge in [0.25, 0.3) is 5.91 Å². The molecule has 1 aromatic rings. The fraction of sp³-hybridized carbons (Fsp3) is 0.579. The molecule has 1 saturated heterocycles. The molecule has 9 heteroatoms. The maximum atomic E-state index is 12.7. The molecule has 1 aliphatic heterocycles. The van der Waals surface area contributed by atoms with Crippen LogP contribution in [0.5, 0.6) is 11.5 Å². The number of hydrogen-bond acceptors (Lipinski definition) is 7. The lowest BCUT2D eigenvalue weighted by atomic mass is 10.1. The van der Waals surface area contributed by atoms with Crippen LogP contribution in [0.15, 0.2) is 18.2 Å². The van der Waals surface area contributed by atoms with Gasteiger partial charge in [-0.2, -0.15) is 0 Å². The maximum absolute atomic E-state index is 12.7. The first-order valence-corrected chi connectivity index (χ1v) is 10.9. The van der Waals surface area contributed by atoms with Crippen LogP contribution in [0.4, 0.5) is 0 Å². The summed E-state index contributed by atoms with van der Waals surface area (Å²) in [5, 5.41) is 0. The van der Waals surface area contributed by atoms with Gasteiger partial charge in [0.1, 0.15) is 0 Å². The molecule has 0 N–H and O–H groups in total. The molecule has 0 spiro atoms. The number of carbonyl (C=O) groups excluding carboxylic acids is 2. The van der Waals surface area contributed by atoms with Crippen LogP contribution in [0.3, 0.4) is 0 Å². The zero-order valence-electron chi connectivity index (χ0n) is 16.6. The molecular weight excluding hydrogens is 386 g/mol. The lowest BCUT2D eigenvalue weighted by Crippen LogP contribution is -2.48. The number of methoxy groups -OCH3 is 2. The van der Waals surface area contributed by atoms with E-state index in [-0.39, 0.29) is 29.2 Å². The molecule has 0 radical (unpaired) electrons. The van der Waals surface area contributed by atoms with Crippen LogP contribution in [-0.2, 0) is 19.4 Å². The average Bonchev–Trinajstić information content (AvgIpc) is 3.04. The van der Waals surface area contributed by atoms with Crippen LogP contribution in [0.25, 0.3) is 0 Å². The Labute approximate surface area is 165 Å². The Morgan fingerprint density at radius 1 is 1.21 bits per heavy atom. The molecule has 2 atom stereocenters. The van der Waals surface area contributed by atoms with Crippen molar-refractivity contribution in [3.8, 4) is 11.5 Å². The molecule has 156 valence electrons. The van der Waals surface area contributed by atoms with Crippen LogP contribution >= 0.6 is 0 Å². The molecule has 8 nitrogen and oxygen atoms in total. The zero-order chi connectivity index (χ0) is 20.9. The minimum absolute atomic E-state index is 0.0489. The molecule has 0 bridgehead atoms. The van der Waals surface area contributed by atoms with E-state index in [1.165, 1.54) is 26.4 Å².